The van der Waals surface area contributed by atoms with Crippen LogP contribution in [-0.2, 0) is 0 Å². The molecule has 0 bridgehead atoms. The average Bonchev–Trinajstić information content (AvgIpc) is 2.75. The third kappa shape index (κ3) is 1.65. The number of fused-ring (bicyclic) bond motifs is 1. The Morgan fingerprint density at radius 2 is 1.75 bits per heavy atom. The number of H-pyrrole nitrogens is 1. The summed E-state index contributed by atoms with van der Waals surface area (Å²) in [6.07, 6.45) is 3.73. The molecule has 1 aromatic heterocycles. The van der Waals surface area contributed by atoms with Crippen LogP contribution in [0, 0.1) is 23.5 Å². The Morgan fingerprint density at radius 1 is 1.10 bits per heavy atom. The van der Waals surface area contributed by atoms with Gasteiger partial charge >= 0.3 is 0 Å². The highest BCUT2D eigenvalue weighted by Crippen LogP contribution is 2.64. The zero-order chi connectivity index (χ0) is 13.9. The summed E-state index contributed by atoms with van der Waals surface area (Å²) >= 11 is 0. The van der Waals surface area contributed by atoms with Crippen LogP contribution >= 0.6 is 0 Å². The molecule has 5 heteroatoms. The molecule has 2 saturated carbocycles. The molecule has 0 spiro atoms. The molecule has 2 aromatic rings. The Hall–Kier alpha value is -1.91. The highest BCUT2D eigenvalue weighted by Gasteiger charge is 2.54. The second kappa shape index (κ2) is 4.04. The maximum absolute atomic E-state index is 13.4. The van der Waals surface area contributed by atoms with E-state index in [0.29, 0.717) is 34.7 Å². The quantitative estimate of drug-likeness (QED) is 0.882. The highest BCUT2D eigenvalue weighted by molar-refractivity contribution is 5.77. The van der Waals surface area contributed by atoms with E-state index in [9.17, 15) is 8.78 Å². The van der Waals surface area contributed by atoms with Crippen molar-refractivity contribution < 1.29 is 8.78 Å². The van der Waals surface area contributed by atoms with Crippen LogP contribution in [0.15, 0.2) is 18.2 Å². The van der Waals surface area contributed by atoms with Gasteiger partial charge in [0.2, 0.25) is 0 Å². The largest absolute Gasteiger partial charge is 0.382 e. The van der Waals surface area contributed by atoms with Gasteiger partial charge in [-0.25, -0.2) is 8.78 Å². The summed E-state index contributed by atoms with van der Waals surface area (Å²) in [6.45, 7) is 0. The zero-order valence-electron chi connectivity index (χ0n) is 10.9. The Kier molecular flexibility index (Phi) is 2.40. The molecule has 2 unspecified atom stereocenters. The van der Waals surface area contributed by atoms with E-state index in [-0.39, 0.29) is 0 Å². The first-order chi connectivity index (χ1) is 9.65. The predicted molar refractivity (Wildman–Crippen MR) is 71.9 cm³/mol. The predicted octanol–water partition coefficient (Wildman–Crippen LogP) is 3.45. The number of anilines is 1. The molecule has 0 radical (unpaired) electrons. The number of nitrogens with two attached hydrogens (primary N) is 1. The smallest absolute Gasteiger partial charge is 0.153 e. The van der Waals surface area contributed by atoms with Crippen LogP contribution in [0.5, 0.6) is 0 Å². The van der Waals surface area contributed by atoms with Crippen molar-refractivity contribution >= 4 is 5.82 Å². The van der Waals surface area contributed by atoms with Crippen molar-refractivity contribution in [2.45, 2.75) is 25.2 Å². The van der Waals surface area contributed by atoms with Crippen molar-refractivity contribution in [2.24, 2.45) is 11.8 Å². The number of nitrogens with zero attached hydrogens (tertiary/aromatic N) is 1. The maximum atomic E-state index is 13.4. The molecule has 104 valence electrons. The zero-order valence-corrected chi connectivity index (χ0v) is 10.9. The summed E-state index contributed by atoms with van der Waals surface area (Å²) in [4.78, 5) is 0. The fraction of sp³-hybridized carbons (Fsp3) is 0.400. The summed E-state index contributed by atoms with van der Waals surface area (Å²) in [7, 11) is 0. The van der Waals surface area contributed by atoms with E-state index in [0.717, 1.165) is 11.8 Å². The lowest BCUT2D eigenvalue weighted by atomic mass is 9.99. The lowest BCUT2D eigenvalue weighted by molar-refractivity contribution is 0.584. The van der Waals surface area contributed by atoms with Crippen LogP contribution in [0.3, 0.4) is 0 Å². The lowest BCUT2D eigenvalue weighted by Crippen LogP contribution is -1.94. The van der Waals surface area contributed by atoms with Crippen molar-refractivity contribution in [1.29, 1.82) is 0 Å². The van der Waals surface area contributed by atoms with Crippen molar-refractivity contribution in [3.05, 3.63) is 35.5 Å². The highest BCUT2D eigenvalue weighted by atomic mass is 19.1. The minimum Gasteiger partial charge on any atom is -0.382 e. The van der Waals surface area contributed by atoms with Crippen LogP contribution in [0.1, 0.15) is 30.9 Å². The van der Waals surface area contributed by atoms with E-state index in [4.69, 9.17) is 5.73 Å². The Labute approximate surface area is 115 Å². The molecule has 2 fully saturated rings. The Morgan fingerprint density at radius 3 is 2.40 bits per heavy atom. The molecular formula is C15H15F2N3. The van der Waals surface area contributed by atoms with E-state index in [1.165, 1.54) is 31.4 Å². The standard InChI is InChI=1S/C15H15F2N3/c16-8-4-7(5-9(17)6-8)12-14(19-20-15(12)18)13-10-2-1-3-11(10)13/h4-6,10-11,13H,1-3H2,(H3,18,19,20). The second-order valence-electron chi connectivity index (χ2n) is 5.84. The van der Waals surface area contributed by atoms with Crippen LogP contribution in [0.4, 0.5) is 14.6 Å². The number of halogens is 2. The van der Waals surface area contributed by atoms with E-state index >= 15 is 0 Å². The number of aromatic nitrogens is 2. The molecule has 3 N–H and O–H groups in total. The number of hydrogen-bond donors (Lipinski definition) is 2. The topological polar surface area (TPSA) is 54.7 Å². The fourth-order valence-electron chi connectivity index (χ4n) is 3.86. The molecule has 0 amide bonds. The molecular weight excluding hydrogens is 260 g/mol. The Bertz CT molecular complexity index is 650. The molecule has 3 nitrogen and oxygen atoms in total. The second-order valence-corrected chi connectivity index (χ2v) is 5.84. The third-order valence-corrected chi connectivity index (χ3v) is 4.71. The monoisotopic (exact) mass is 275 g/mol. The van der Waals surface area contributed by atoms with Gasteiger partial charge in [-0.2, -0.15) is 5.10 Å². The van der Waals surface area contributed by atoms with Crippen molar-refractivity contribution in [1.82, 2.24) is 10.2 Å². The minimum atomic E-state index is -0.595. The normalized spacial score (nSPS) is 27.6. The van der Waals surface area contributed by atoms with Crippen molar-refractivity contribution in [3.8, 4) is 11.1 Å². The first-order valence-electron chi connectivity index (χ1n) is 6.95. The van der Waals surface area contributed by atoms with Gasteiger partial charge < -0.3 is 5.73 Å². The van der Waals surface area contributed by atoms with Gasteiger partial charge in [0.15, 0.2) is 5.82 Å². The van der Waals surface area contributed by atoms with Gasteiger partial charge in [0.25, 0.3) is 0 Å². The molecule has 2 atom stereocenters. The first-order valence-corrected chi connectivity index (χ1v) is 6.95. The van der Waals surface area contributed by atoms with Gasteiger partial charge in [0.05, 0.1) is 0 Å². The third-order valence-electron chi connectivity index (χ3n) is 4.71. The summed E-state index contributed by atoms with van der Waals surface area (Å²) in [5, 5.41) is 7.03. The minimum absolute atomic E-state index is 0.315. The SMILES string of the molecule is Nc1n[nH]c(C2C3CCCC32)c1-c1cc(F)cc(F)c1. The van der Waals surface area contributed by atoms with E-state index in [1.54, 1.807) is 0 Å². The molecule has 0 saturated heterocycles. The lowest BCUT2D eigenvalue weighted by Gasteiger charge is -2.07. The van der Waals surface area contributed by atoms with E-state index < -0.39 is 11.6 Å². The molecule has 1 heterocycles. The maximum Gasteiger partial charge on any atom is 0.153 e. The number of benzene rings is 1. The summed E-state index contributed by atoms with van der Waals surface area (Å²) in [6, 6.07) is 3.49. The number of hydrogen-bond acceptors (Lipinski definition) is 2. The summed E-state index contributed by atoms with van der Waals surface area (Å²) < 4.78 is 26.8. The van der Waals surface area contributed by atoms with Crippen LogP contribution in [-0.4, -0.2) is 10.2 Å². The molecule has 2 aliphatic rings. The fourth-order valence-corrected chi connectivity index (χ4v) is 3.86. The van der Waals surface area contributed by atoms with Gasteiger partial charge in [-0.15, -0.1) is 0 Å². The summed E-state index contributed by atoms with van der Waals surface area (Å²) in [5.41, 5.74) is 7.98. The van der Waals surface area contributed by atoms with Crippen LogP contribution in [0.2, 0.25) is 0 Å². The number of aromatic amines is 1. The number of rotatable bonds is 2. The van der Waals surface area contributed by atoms with E-state index in [1.807, 2.05) is 0 Å². The van der Waals surface area contributed by atoms with Crippen LogP contribution < -0.4 is 5.73 Å². The summed E-state index contributed by atoms with van der Waals surface area (Å²) in [5.74, 6) is 0.925. The molecule has 4 rings (SSSR count). The van der Waals surface area contributed by atoms with Crippen molar-refractivity contribution in [2.75, 3.05) is 5.73 Å². The van der Waals surface area contributed by atoms with Crippen LogP contribution in [0.25, 0.3) is 11.1 Å². The van der Waals surface area contributed by atoms with Gasteiger partial charge in [0, 0.05) is 23.2 Å². The van der Waals surface area contributed by atoms with Crippen molar-refractivity contribution in [3.63, 3.8) is 0 Å². The molecule has 20 heavy (non-hydrogen) atoms. The van der Waals surface area contributed by atoms with E-state index in [2.05, 4.69) is 10.2 Å². The number of nitrogens with one attached hydrogen (secondary N) is 1. The number of nitrogen functional groups attached to an aromatic ring is 1. The van der Waals surface area contributed by atoms with Gasteiger partial charge in [-0.3, -0.25) is 5.10 Å². The molecule has 0 aliphatic heterocycles. The first kappa shape index (κ1) is 11.9. The van der Waals surface area contributed by atoms with Gasteiger partial charge in [0.1, 0.15) is 11.6 Å². The molecule has 2 aliphatic carbocycles. The molecule has 1 aromatic carbocycles. The van der Waals surface area contributed by atoms with Gasteiger partial charge in [-0.1, -0.05) is 6.42 Å². The van der Waals surface area contributed by atoms with Gasteiger partial charge in [-0.05, 0) is 42.4 Å². The Balaban J connectivity index is 1.80. The average molecular weight is 275 g/mol.